The van der Waals surface area contributed by atoms with Crippen molar-refractivity contribution in [2.24, 2.45) is 4.99 Å². The van der Waals surface area contributed by atoms with E-state index in [9.17, 15) is 4.79 Å². The van der Waals surface area contributed by atoms with E-state index >= 15 is 0 Å². The lowest BCUT2D eigenvalue weighted by Crippen LogP contribution is -2.31. The van der Waals surface area contributed by atoms with Gasteiger partial charge in [0.15, 0.2) is 0 Å². The third-order valence-corrected chi connectivity index (χ3v) is 4.84. The number of hydrogen-bond donors (Lipinski definition) is 1. The Morgan fingerprint density at radius 3 is 2.52 bits per heavy atom. The summed E-state index contributed by atoms with van der Waals surface area (Å²) in [5.74, 6) is 0.621. The second-order valence-electron chi connectivity index (χ2n) is 6.36. The predicted molar refractivity (Wildman–Crippen MR) is 108 cm³/mol. The minimum absolute atomic E-state index is 0.133. The van der Waals surface area contributed by atoms with Crippen molar-refractivity contribution in [3.8, 4) is 5.75 Å². The normalized spacial score (nSPS) is 21.4. The van der Waals surface area contributed by atoms with E-state index in [0.29, 0.717) is 17.7 Å². The van der Waals surface area contributed by atoms with Crippen LogP contribution in [0.15, 0.2) is 90.3 Å². The number of hydrogen-bond acceptors (Lipinski definition) is 4. The van der Waals surface area contributed by atoms with Crippen molar-refractivity contribution in [1.29, 1.82) is 0 Å². The van der Waals surface area contributed by atoms with Crippen LogP contribution in [0.1, 0.15) is 18.0 Å². The molecule has 1 aromatic carbocycles. The summed E-state index contributed by atoms with van der Waals surface area (Å²) in [6.45, 7) is 15.8. The highest BCUT2D eigenvalue weighted by Gasteiger charge is 2.39. The lowest BCUT2D eigenvalue weighted by molar-refractivity contribution is -0.125. The standard InChI is InChI=1S/C22H23N3O2/c1-6-18-19(7-2)22(26)25(14(3)12-20-15(4)23-13-24-20)21(18)16-8-10-17(27-5)11-9-16/h6-11,13,20-21H,1-4,12H2,5H3,(H,23,24). The number of ether oxygens (including phenoxy) is 1. The van der Waals surface area contributed by atoms with Crippen LogP contribution in [0.2, 0.25) is 0 Å². The summed E-state index contributed by atoms with van der Waals surface area (Å²) in [6.07, 6.45) is 5.41. The van der Waals surface area contributed by atoms with Crippen LogP contribution in [0.5, 0.6) is 5.75 Å². The molecule has 0 saturated carbocycles. The third-order valence-electron chi connectivity index (χ3n) is 4.84. The largest absolute Gasteiger partial charge is 0.497 e. The fraction of sp³-hybridized carbons (Fsp3) is 0.182. The number of benzene rings is 1. The fourth-order valence-electron chi connectivity index (χ4n) is 3.42. The van der Waals surface area contributed by atoms with Crippen molar-refractivity contribution < 1.29 is 9.53 Å². The number of amides is 1. The summed E-state index contributed by atoms with van der Waals surface area (Å²) in [5, 5.41) is 2.98. The van der Waals surface area contributed by atoms with Crippen molar-refractivity contribution in [3.63, 3.8) is 0 Å². The molecular weight excluding hydrogens is 338 g/mol. The summed E-state index contributed by atoms with van der Waals surface area (Å²) >= 11 is 0. The zero-order valence-corrected chi connectivity index (χ0v) is 15.4. The van der Waals surface area contributed by atoms with Crippen LogP contribution >= 0.6 is 0 Å². The highest BCUT2D eigenvalue weighted by Crippen LogP contribution is 2.42. The van der Waals surface area contributed by atoms with Crippen LogP contribution in [0.3, 0.4) is 0 Å². The summed E-state index contributed by atoms with van der Waals surface area (Å²) in [6, 6.07) is 7.19. The Bertz CT molecular complexity index is 877. The SMILES string of the molecule is C=CC1=C(C=C)C(c2ccc(OC)cc2)N(C(=C)CC2N=CNC2=C)C1=O. The van der Waals surface area contributed by atoms with Gasteiger partial charge < -0.3 is 15.0 Å². The number of rotatable bonds is 7. The first-order chi connectivity index (χ1) is 13.0. The Kier molecular flexibility index (Phi) is 5.12. The van der Waals surface area contributed by atoms with Gasteiger partial charge in [-0.2, -0.15) is 0 Å². The van der Waals surface area contributed by atoms with Crippen molar-refractivity contribution in [1.82, 2.24) is 10.2 Å². The fourth-order valence-corrected chi connectivity index (χ4v) is 3.42. The summed E-state index contributed by atoms with van der Waals surface area (Å²) in [5.41, 5.74) is 3.77. The molecule has 2 aliphatic heterocycles. The third kappa shape index (κ3) is 3.24. The van der Waals surface area contributed by atoms with Crippen molar-refractivity contribution in [2.45, 2.75) is 18.5 Å². The van der Waals surface area contributed by atoms with E-state index in [2.05, 4.69) is 36.6 Å². The molecule has 0 spiro atoms. The molecule has 27 heavy (non-hydrogen) atoms. The lowest BCUT2D eigenvalue weighted by Gasteiger charge is -2.29. The quantitative estimate of drug-likeness (QED) is 0.806. The van der Waals surface area contributed by atoms with E-state index in [4.69, 9.17) is 4.74 Å². The van der Waals surface area contributed by atoms with E-state index in [1.807, 2.05) is 24.3 Å². The number of methoxy groups -OCH3 is 1. The van der Waals surface area contributed by atoms with Gasteiger partial charge >= 0.3 is 0 Å². The van der Waals surface area contributed by atoms with Gasteiger partial charge in [0.05, 0.1) is 25.5 Å². The van der Waals surface area contributed by atoms with E-state index in [1.165, 1.54) is 0 Å². The number of aliphatic imine (C=N–C) groups is 1. The van der Waals surface area contributed by atoms with Crippen LogP contribution in [0.25, 0.3) is 0 Å². The van der Waals surface area contributed by atoms with Gasteiger partial charge in [0, 0.05) is 23.4 Å². The first-order valence-corrected chi connectivity index (χ1v) is 8.63. The Morgan fingerprint density at radius 2 is 2.00 bits per heavy atom. The molecule has 0 fully saturated rings. The van der Waals surface area contributed by atoms with Crippen LogP contribution in [0, 0.1) is 0 Å². The zero-order valence-electron chi connectivity index (χ0n) is 15.4. The number of carbonyl (C=O) groups is 1. The van der Waals surface area contributed by atoms with Crippen LogP contribution < -0.4 is 10.1 Å². The number of nitrogens with one attached hydrogen (secondary N) is 1. The Labute approximate surface area is 159 Å². The molecule has 5 heteroatoms. The monoisotopic (exact) mass is 361 g/mol. The predicted octanol–water partition coefficient (Wildman–Crippen LogP) is 3.66. The molecule has 0 saturated heterocycles. The van der Waals surface area contributed by atoms with Crippen molar-refractivity contribution in [3.05, 3.63) is 90.8 Å². The average molecular weight is 361 g/mol. The Balaban J connectivity index is 1.99. The van der Waals surface area contributed by atoms with Crippen molar-refractivity contribution in [2.75, 3.05) is 7.11 Å². The molecule has 2 unspecified atom stereocenters. The van der Waals surface area contributed by atoms with Gasteiger partial charge in [-0.3, -0.25) is 9.79 Å². The smallest absolute Gasteiger partial charge is 0.259 e. The second kappa shape index (κ2) is 7.50. The Hall–Kier alpha value is -3.34. The molecule has 1 N–H and O–H groups in total. The summed E-state index contributed by atoms with van der Waals surface area (Å²) in [7, 11) is 1.62. The second-order valence-corrected chi connectivity index (χ2v) is 6.36. The molecule has 2 atom stereocenters. The first-order valence-electron chi connectivity index (χ1n) is 8.63. The van der Waals surface area contributed by atoms with E-state index in [0.717, 1.165) is 22.6 Å². The topological polar surface area (TPSA) is 53.9 Å². The molecule has 1 amide bonds. The van der Waals surface area contributed by atoms with Crippen LogP contribution in [-0.2, 0) is 4.79 Å². The average Bonchev–Trinajstić information content (AvgIpc) is 3.21. The van der Waals surface area contributed by atoms with E-state index in [1.54, 1.807) is 30.5 Å². The maximum Gasteiger partial charge on any atom is 0.259 e. The summed E-state index contributed by atoms with van der Waals surface area (Å²) < 4.78 is 5.24. The van der Waals surface area contributed by atoms with Crippen molar-refractivity contribution >= 4 is 12.2 Å². The zero-order chi connectivity index (χ0) is 19.6. The molecule has 0 aliphatic carbocycles. The number of carbonyl (C=O) groups excluding carboxylic acids is 1. The minimum atomic E-state index is -0.312. The molecule has 1 aromatic rings. The summed E-state index contributed by atoms with van der Waals surface area (Å²) in [4.78, 5) is 19.1. The molecular formula is C22H23N3O2. The lowest BCUT2D eigenvalue weighted by atomic mass is 9.96. The van der Waals surface area contributed by atoms with Gasteiger partial charge in [0.25, 0.3) is 5.91 Å². The Morgan fingerprint density at radius 1 is 1.30 bits per heavy atom. The molecule has 2 aliphatic rings. The molecule has 0 bridgehead atoms. The molecule has 0 aromatic heterocycles. The first kappa shape index (κ1) is 18.5. The molecule has 138 valence electrons. The van der Waals surface area contributed by atoms with Crippen LogP contribution in [0.4, 0.5) is 0 Å². The molecule has 3 rings (SSSR count). The maximum atomic E-state index is 13.1. The number of nitrogens with zero attached hydrogens (tertiary/aromatic N) is 2. The van der Waals surface area contributed by atoms with E-state index in [-0.39, 0.29) is 18.0 Å². The minimum Gasteiger partial charge on any atom is -0.497 e. The van der Waals surface area contributed by atoms with Gasteiger partial charge in [0.2, 0.25) is 0 Å². The van der Waals surface area contributed by atoms with Gasteiger partial charge in [-0.25, -0.2) is 0 Å². The molecule has 2 heterocycles. The van der Waals surface area contributed by atoms with Gasteiger partial charge in [-0.05, 0) is 23.3 Å². The van der Waals surface area contributed by atoms with Crippen LogP contribution in [-0.4, -0.2) is 30.3 Å². The van der Waals surface area contributed by atoms with Gasteiger partial charge in [0.1, 0.15) is 5.75 Å². The molecule has 5 nitrogen and oxygen atoms in total. The van der Waals surface area contributed by atoms with Gasteiger partial charge in [-0.1, -0.05) is 50.6 Å². The van der Waals surface area contributed by atoms with E-state index < -0.39 is 0 Å². The maximum absolute atomic E-state index is 13.1. The van der Waals surface area contributed by atoms with Gasteiger partial charge in [-0.15, -0.1) is 0 Å². The highest BCUT2D eigenvalue weighted by molar-refractivity contribution is 6.02. The highest BCUT2D eigenvalue weighted by atomic mass is 16.5. The molecule has 0 radical (unpaired) electrons.